The number of ether oxygens (including phenoxy) is 1. The molecule has 0 amide bonds. The first-order valence-electron chi connectivity index (χ1n) is 5.06. The summed E-state index contributed by atoms with van der Waals surface area (Å²) >= 11 is 0. The molecule has 0 unspecified atom stereocenters. The van der Waals surface area contributed by atoms with Crippen molar-refractivity contribution >= 4 is 0 Å². The van der Waals surface area contributed by atoms with E-state index in [4.69, 9.17) is 9.84 Å². The van der Waals surface area contributed by atoms with E-state index in [1.54, 1.807) is 24.3 Å². The summed E-state index contributed by atoms with van der Waals surface area (Å²) in [6, 6.07) is 6.82. The average molecular weight is 193 g/mol. The minimum atomic E-state index is 0.275. The van der Waals surface area contributed by atoms with Crippen LogP contribution in [-0.4, -0.2) is 11.7 Å². The lowest BCUT2D eigenvalue weighted by Crippen LogP contribution is -1.96. The lowest BCUT2D eigenvalue weighted by Gasteiger charge is -2.05. The second kappa shape index (κ2) is 6.30. The van der Waals surface area contributed by atoms with Gasteiger partial charge in [-0.15, -0.1) is 0 Å². The zero-order valence-corrected chi connectivity index (χ0v) is 8.57. The van der Waals surface area contributed by atoms with E-state index in [1.807, 2.05) is 0 Å². The summed E-state index contributed by atoms with van der Waals surface area (Å²) in [5.74, 6) is 1.09. The van der Waals surface area contributed by atoms with Gasteiger partial charge < -0.3 is 9.84 Å². The molecule has 0 aliphatic carbocycles. The first kappa shape index (κ1) is 10.9. The second-order valence-corrected chi connectivity index (χ2v) is 3.18. The number of aromatic hydroxyl groups is 1. The number of hydrogen-bond acceptors (Lipinski definition) is 2. The minimum Gasteiger partial charge on any atom is -0.508 e. The van der Waals surface area contributed by atoms with Gasteiger partial charge in [-0.05, 0) is 43.5 Å². The Hall–Kier alpha value is -1.18. The van der Waals surface area contributed by atoms with Gasteiger partial charge in [0.25, 0.3) is 0 Å². The predicted octanol–water partition coefficient (Wildman–Crippen LogP) is 3.17. The molecule has 0 spiro atoms. The molecule has 0 bridgehead atoms. The maximum atomic E-state index is 9.04. The lowest BCUT2D eigenvalue weighted by atomic mass is 10.2. The number of phenols is 1. The summed E-state index contributed by atoms with van der Waals surface area (Å²) < 4.78 is 5.48. The van der Waals surface area contributed by atoms with Crippen LogP contribution in [0.4, 0.5) is 0 Å². The standard InChI is InChI=1S/C12H17O2/c1-2-3-4-5-10-14-12-8-6-11(13)7-9-12/h3,6-9,13H,2,4-5,10H2,1H3. The van der Waals surface area contributed by atoms with Crippen molar-refractivity contribution in [3.05, 3.63) is 30.7 Å². The smallest absolute Gasteiger partial charge is 0.119 e. The molecule has 0 aliphatic heterocycles. The highest BCUT2D eigenvalue weighted by Crippen LogP contribution is 2.16. The van der Waals surface area contributed by atoms with Crippen molar-refractivity contribution in [2.75, 3.05) is 6.61 Å². The van der Waals surface area contributed by atoms with Crippen molar-refractivity contribution in [3.8, 4) is 11.5 Å². The van der Waals surface area contributed by atoms with Crippen LogP contribution in [0.1, 0.15) is 26.2 Å². The van der Waals surface area contributed by atoms with Crippen molar-refractivity contribution in [1.82, 2.24) is 0 Å². The molecule has 1 rings (SSSR count). The lowest BCUT2D eigenvalue weighted by molar-refractivity contribution is 0.309. The molecule has 2 nitrogen and oxygen atoms in total. The van der Waals surface area contributed by atoms with Crippen molar-refractivity contribution in [1.29, 1.82) is 0 Å². The molecule has 1 radical (unpaired) electrons. The minimum absolute atomic E-state index is 0.275. The highest BCUT2D eigenvalue weighted by Gasteiger charge is 1.93. The third-order valence-electron chi connectivity index (χ3n) is 1.95. The summed E-state index contributed by atoms with van der Waals surface area (Å²) in [7, 11) is 0. The molecule has 0 fully saturated rings. The molecule has 2 heteroatoms. The van der Waals surface area contributed by atoms with Crippen LogP contribution >= 0.6 is 0 Å². The first-order valence-corrected chi connectivity index (χ1v) is 5.06. The molecule has 14 heavy (non-hydrogen) atoms. The molecular weight excluding hydrogens is 176 g/mol. The van der Waals surface area contributed by atoms with E-state index in [-0.39, 0.29) is 5.75 Å². The topological polar surface area (TPSA) is 29.5 Å². The molecule has 0 aliphatic rings. The predicted molar refractivity (Wildman–Crippen MR) is 57.4 cm³/mol. The van der Waals surface area contributed by atoms with Crippen molar-refractivity contribution in [2.24, 2.45) is 0 Å². The summed E-state index contributed by atoms with van der Waals surface area (Å²) in [5, 5.41) is 9.04. The highest BCUT2D eigenvalue weighted by molar-refractivity contribution is 5.29. The normalized spacial score (nSPS) is 10.1. The Morgan fingerprint density at radius 1 is 1.29 bits per heavy atom. The van der Waals surface area contributed by atoms with Gasteiger partial charge in [-0.2, -0.15) is 0 Å². The van der Waals surface area contributed by atoms with Gasteiger partial charge in [0.1, 0.15) is 11.5 Å². The Balaban J connectivity index is 2.15. The number of unbranched alkanes of at least 4 members (excludes halogenated alkanes) is 3. The molecular formula is C12H17O2. The Bertz CT molecular complexity index is 241. The van der Waals surface area contributed by atoms with Crippen LogP contribution < -0.4 is 4.74 Å². The molecule has 1 aromatic carbocycles. The molecule has 0 aromatic heterocycles. The van der Waals surface area contributed by atoms with E-state index in [9.17, 15) is 0 Å². The first-order chi connectivity index (χ1) is 6.83. The number of rotatable bonds is 6. The van der Waals surface area contributed by atoms with Crippen molar-refractivity contribution in [3.63, 3.8) is 0 Å². The van der Waals surface area contributed by atoms with E-state index in [0.29, 0.717) is 0 Å². The van der Waals surface area contributed by atoms with E-state index < -0.39 is 0 Å². The molecule has 0 atom stereocenters. The fourth-order valence-corrected chi connectivity index (χ4v) is 1.16. The third-order valence-corrected chi connectivity index (χ3v) is 1.95. The van der Waals surface area contributed by atoms with Gasteiger partial charge in [0.15, 0.2) is 0 Å². The van der Waals surface area contributed by atoms with Gasteiger partial charge >= 0.3 is 0 Å². The van der Waals surface area contributed by atoms with Crippen LogP contribution in [0.5, 0.6) is 11.5 Å². The maximum absolute atomic E-state index is 9.04. The molecule has 0 saturated carbocycles. The number of benzene rings is 1. The molecule has 0 heterocycles. The summed E-state index contributed by atoms with van der Waals surface area (Å²) in [6.07, 6.45) is 5.53. The van der Waals surface area contributed by atoms with Crippen LogP contribution in [0.3, 0.4) is 0 Å². The van der Waals surface area contributed by atoms with E-state index in [0.717, 1.165) is 31.6 Å². The average Bonchev–Trinajstić information content (AvgIpc) is 2.21. The van der Waals surface area contributed by atoms with Crippen LogP contribution in [0.15, 0.2) is 24.3 Å². The Morgan fingerprint density at radius 2 is 2.00 bits per heavy atom. The van der Waals surface area contributed by atoms with Crippen molar-refractivity contribution < 1.29 is 9.84 Å². The fraction of sp³-hybridized carbons (Fsp3) is 0.417. The maximum Gasteiger partial charge on any atom is 0.119 e. The number of hydrogen-bond donors (Lipinski definition) is 1. The third kappa shape index (κ3) is 4.17. The SMILES string of the molecule is CC[CH]CCCOc1ccc(O)cc1. The van der Waals surface area contributed by atoms with E-state index in [1.165, 1.54) is 0 Å². The molecule has 0 saturated heterocycles. The Kier molecular flexibility index (Phi) is 4.90. The zero-order chi connectivity index (χ0) is 10.2. The van der Waals surface area contributed by atoms with Gasteiger partial charge in [-0.3, -0.25) is 0 Å². The monoisotopic (exact) mass is 193 g/mol. The Morgan fingerprint density at radius 3 is 2.64 bits per heavy atom. The summed E-state index contributed by atoms with van der Waals surface area (Å²) in [5.41, 5.74) is 0. The molecule has 1 N–H and O–H groups in total. The summed E-state index contributed by atoms with van der Waals surface area (Å²) in [6.45, 7) is 2.88. The van der Waals surface area contributed by atoms with E-state index in [2.05, 4.69) is 13.3 Å². The van der Waals surface area contributed by atoms with Crippen molar-refractivity contribution in [2.45, 2.75) is 26.2 Å². The second-order valence-electron chi connectivity index (χ2n) is 3.18. The van der Waals surface area contributed by atoms with Crippen LogP contribution in [0, 0.1) is 6.42 Å². The Labute approximate surface area is 85.5 Å². The van der Waals surface area contributed by atoms with E-state index >= 15 is 0 Å². The highest BCUT2D eigenvalue weighted by atomic mass is 16.5. The van der Waals surface area contributed by atoms with Crippen LogP contribution in [0.25, 0.3) is 0 Å². The van der Waals surface area contributed by atoms with Gasteiger partial charge in [0.05, 0.1) is 6.61 Å². The van der Waals surface area contributed by atoms with Crippen LogP contribution in [-0.2, 0) is 0 Å². The quantitative estimate of drug-likeness (QED) is 0.703. The van der Waals surface area contributed by atoms with Gasteiger partial charge in [-0.1, -0.05) is 13.3 Å². The fourth-order valence-electron chi connectivity index (χ4n) is 1.16. The largest absolute Gasteiger partial charge is 0.508 e. The zero-order valence-electron chi connectivity index (χ0n) is 8.57. The summed E-state index contributed by atoms with van der Waals surface area (Å²) in [4.78, 5) is 0. The molecule has 1 aromatic rings. The van der Waals surface area contributed by atoms with Gasteiger partial charge in [0, 0.05) is 0 Å². The van der Waals surface area contributed by atoms with Crippen LogP contribution in [0.2, 0.25) is 0 Å². The number of phenolic OH excluding ortho intramolecular Hbond substituents is 1. The van der Waals surface area contributed by atoms with Gasteiger partial charge in [-0.25, -0.2) is 0 Å². The molecule has 77 valence electrons. The van der Waals surface area contributed by atoms with Gasteiger partial charge in [0.2, 0.25) is 0 Å².